The van der Waals surface area contributed by atoms with Gasteiger partial charge >= 0.3 is 6.36 Å². The molecule has 2 heterocycles. The summed E-state index contributed by atoms with van der Waals surface area (Å²) in [6.45, 7) is 0.869. The summed E-state index contributed by atoms with van der Waals surface area (Å²) in [4.78, 5) is 17.8. The highest BCUT2D eigenvalue weighted by molar-refractivity contribution is 5.85. The summed E-state index contributed by atoms with van der Waals surface area (Å²) < 4.78 is 41.2. The molecule has 3 aromatic rings. The first-order chi connectivity index (χ1) is 12.9. The van der Waals surface area contributed by atoms with Crippen LogP contribution in [0, 0.1) is 0 Å². The molecule has 4 rings (SSSR count). The quantitative estimate of drug-likeness (QED) is 0.717. The molecule has 1 aromatic heterocycles. The Hall–Kier alpha value is -3.22. The molecule has 1 aliphatic heterocycles. The van der Waals surface area contributed by atoms with Gasteiger partial charge in [-0.05, 0) is 36.8 Å². The van der Waals surface area contributed by atoms with Crippen molar-refractivity contribution in [1.29, 1.82) is 0 Å². The summed E-state index contributed by atoms with van der Waals surface area (Å²) in [5, 5.41) is 0.527. The number of H-pyrrole nitrogens is 1. The molecule has 4 nitrogen and oxygen atoms in total. The highest BCUT2D eigenvalue weighted by atomic mass is 19.4. The molecule has 0 atom stereocenters. The van der Waals surface area contributed by atoms with E-state index in [1.165, 1.54) is 24.3 Å². The lowest BCUT2D eigenvalue weighted by molar-refractivity contribution is -0.274. The van der Waals surface area contributed by atoms with E-state index in [1.54, 1.807) is 12.1 Å². The SMILES string of the molecule is O=c1cc(-c2cccc(OC(F)(F)F)c2)[nH]c2ccc(N3C=CCC3)cc12. The Morgan fingerprint density at radius 2 is 1.93 bits per heavy atom. The number of aromatic amines is 1. The largest absolute Gasteiger partial charge is 0.573 e. The molecular weight excluding hydrogens is 357 g/mol. The first-order valence-electron chi connectivity index (χ1n) is 8.36. The van der Waals surface area contributed by atoms with Gasteiger partial charge in [-0.15, -0.1) is 13.2 Å². The molecule has 0 saturated heterocycles. The standard InChI is InChI=1S/C20H15F3N2O2/c21-20(22,23)27-15-5-3-4-13(10-15)18-12-19(26)16-11-14(6-7-17(16)24-18)25-8-1-2-9-25/h1,3-8,10-12H,2,9H2,(H,24,26). The molecule has 1 N–H and O–H groups in total. The van der Waals surface area contributed by atoms with Crippen molar-refractivity contribution in [3.63, 3.8) is 0 Å². The Kier molecular flexibility index (Phi) is 4.14. The summed E-state index contributed by atoms with van der Waals surface area (Å²) in [6, 6.07) is 12.4. The van der Waals surface area contributed by atoms with Crippen molar-refractivity contribution in [1.82, 2.24) is 4.98 Å². The highest BCUT2D eigenvalue weighted by Crippen LogP contribution is 2.28. The fourth-order valence-corrected chi connectivity index (χ4v) is 3.14. The second kappa shape index (κ2) is 6.50. The number of fused-ring (bicyclic) bond motifs is 1. The van der Waals surface area contributed by atoms with Gasteiger partial charge in [0.25, 0.3) is 0 Å². The normalized spacial score (nSPS) is 14.1. The van der Waals surface area contributed by atoms with Gasteiger partial charge < -0.3 is 14.6 Å². The van der Waals surface area contributed by atoms with E-state index >= 15 is 0 Å². The van der Waals surface area contributed by atoms with Crippen molar-refractivity contribution in [2.45, 2.75) is 12.8 Å². The molecule has 0 aliphatic carbocycles. The molecule has 7 heteroatoms. The van der Waals surface area contributed by atoms with E-state index in [1.807, 2.05) is 18.3 Å². The molecule has 2 aromatic carbocycles. The minimum absolute atomic E-state index is 0.203. The molecule has 0 amide bonds. The molecule has 0 fully saturated rings. The average Bonchev–Trinajstić information content (AvgIpc) is 3.15. The predicted molar refractivity (Wildman–Crippen MR) is 97.8 cm³/mol. The minimum atomic E-state index is -4.77. The highest BCUT2D eigenvalue weighted by Gasteiger charge is 2.31. The second-order valence-corrected chi connectivity index (χ2v) is 6.22. The third-order valence-corrected chi connectivity index (χ3v) is 4.35. The molecule has 27 heavy (non-hydrogen) atoms. The number of alkyl halides is 3. The van der Waals surface area contributed by atoms with Crippen molar-refractivity contribution in [3.05, 3.63) is 71.0 Å². The number of pyridine rings is 1. The fraction of sp³-hybridized carbons (Fsp3) is 0.150. The Labute approximate surface area is 152 Å². The first kappa shape index (κ1) is 17.2. The summed E-state index contributed by atoms with van der Waals surface area (Å²) in [5.74, 6) is -0.336. The number of ether oxygens (including phenoxy) is 1. The van der Waals surface area contributed by atoms with Gasteiger partial charge in [0.1, 0.15) is 5.75 Å². The zero-order valence-corrected chi connectivity index (χ0v) is 14.1. The van der Waals surface area contributed by atoms with Gasteiger partial charge in [0.15, 0.2) is 5.43 Å². The maximum atomic E-state index is 12.6. The molecule has 0 bridgehead atoms. The van der Waals surface area contributed by atoms with Gasteiger partial charge in [-0.1, -0.05) is 18.2 Å². The Balaban J connectivity index is 1.73. The maximum absolute atomic E-state index is 12.6. The molecule has 0 unspecified atom stereocenters. The summed E-state index contributed by atoms with van der Waals surface area (Å²) in [5.41, 5.74) is 2.20. The monoisotopic (exact) mass is 372 g/mol. The zero-order valence-electron chi connectivity index (χ0n) is 14.1. The van der Waals surface area contributed by atoms with Crippen LogP contribution in [0.2, 0.25) is 0 Å². The van der Waals surface area contributed by atoms with E-state index < -0.39 is 6.36 Å². The van der Waals surface area contributed by atoms with E-state index in [9.17, 15) is 18.0 Å². The van der Waals surface area contributed by atoms with Crippen molar-refractivity contribution in [2.24, 2.45) is 0 Å². The summed E-state index contributed by atoms with van der Waals surface area (Å²) in [7, 11) is 0. The van der Waals surface area contributed by atoms with Gasteiger partial charge in [-0.25, -0.2) is 0 Å². The van der Waals surface area contributed by atoms with Crippen LogP contribution in [0.4, 0.5) is 18.9 Å². The third-order valence-electron chi connectivity index (χ3n) is 4.35. The van der Waals surface area contributed by atoms with Crippen LogP contribution in [0.5, 0.6) is 5.75 Å². The van der Waals surface area contributed by atoms with Crippen LogP contribution in [0.1, 0.15) is 6.42 Å². The van der Waals surface area contributed by atoms with Crippen LogP contribution in [0.25, 0.3) is 22.2 Å². The van der Waals surface area contributed by atoms with Crippen molar-refractivity contribution < 1.29 is 17.9 Å². The van der Waals surface area contributed by atoms with Crippen LogP contribution in [0.3, 0.4) is 0 Å². The second-order valence-electron chi connectivity index (χ2n) is 6.22. The van der Waals surface area contributed by atoms with Gasteiger partial charge in [-0.3, -0.25) is 4.79 Å². The van der Waals surface area contributed by atoms with Crippen molar-refractivity contribution in [3.8, 4) is 17.0 Å². The molecule has 0 spiro atoms. The smallest absolute Gasteiger partial charge is 0.406 e. The number of hydrogen-bond acceptors (Lipinski definition) is 3. The Bertz CT molecular complexity index is 1090. The minimum Gasteiger partial charge on any atom is -0.406 e. The van der Waals surface area contributed by atoms with Crippen LogP contribution in [0.15, 0.2) is 65.6 Å². The maximum Gasteiger partial charge on any atom is 0.573 e. The fourth-order valence-electron chi connectivity index (χ4n) is 3.14. The third kappa shape index (κ3) is 3.67. The number of nitrogens with one attached hydrogen (secondary N) is 1. The van der Waals surface area contributed by atoms with Crippen molar-refractivity contribution in [2.75, 3.05) is 11.4 Å². The van der Waals surface area contributed by atoms with E-state index in [0.29, 0.717) is 22.2 Å². The van der Waals surface area contributed by atoms with Gasteiger partial charge in [-0.2, -0.15) is 0 Å². The Morgan fingerprint density at radius 3 is 2.67 bits per heavy atom. The number of hydrogen-bond donors (Lipinski definition) is 1. The lowest BCUT2D eigenvalue weighted by atomic mass is 10.1. The van der Waals surface area contributed by atoms with Crippen LogP contribution >= 0.6 is 0 Å². The number of benzene rings is 2. The number of halogens is 3. The summed E-state index contributed by atoms with van der Waals surface area (Å²) in [6.07, 6.45) is 0.239. The zero-order chi connectivity index (χ0) is 19.0. The average molecular weight is 372 g/mol. The van der Waals surface area contributed by atoms with Crippen molar-refractivity contribution >= 4 is 16.6 Å². The van der Waals surface area contributed by atoms with E-state index in [0.717, 1.165) is 18.7 Å². The summed E-state index contributed by atoms with van der Waals surface area (Å²) >= 11 is 0. The van der Waals surface area contributed by atoms with Crippen LogP contribution in [-0.4, -0.2) is 17.9 Å². The number of nitrogens with zero attached hydrogens (tertiary/aromatic N) is 1. The predicted octanol–water partition coefficient (Wildman–Crippen LogP) is 4.82. The molecule has 0 radical (unpaired) electrons. The van der Waals surface area contributed by atoms with E-state index in [2.05, 4.69) is 20.7 Å². The molecular formula is C20H15F3N2O2. The molecule has 1 aliphatic rings. The van der Waals surface area contributed by atoms with E-state index in [4.69, 9.17) is 0 Å². The molecule has 138 valence electrons. The number of anilines is 1. The number of aromatic nitrogens is 1. The van der Waals surface area contributed by atoms with Gasteiger partial charge in [0.2, 0.25) is 0 Å². The Morgan fingerprint density at radius 1 is 1.07 bits per heavy atom. The topological polar surface area (TPSA) is 45.3 Å². The van der Waals surface area contributed by atoms with Crippen LogP contribution < -0.4 is 15.1 Å². The lowest BCUT2D eigenvalue weighted by Crippen LogP contribution is -2.17. The molecule has 0 saturated carbocycles. The lowest BCUT2D eigenvalue weighted by Gasteiger charge is -2.16. The van der Waals surface area contributed by atoms with Crippen LogP contribution in [-0.2, 0) is 0 Å². The van der Waals surface area contributed by atoms with E-state index in [-0.39, 0.29) is 11.2 Å². The van der Waals surface area contributed by atoms with Gasteiger partial charge in [0.05, 0.1) is 0 Å². The van der Waals surface area contributed by atoms with Gasteiger partial charge in [0, 0.05) is 46.7 Å². The first-order valence-corrected chi connectivity index (χ1v) is 8.36. The number of rotatable bonds is 3.